The van der Waals surface area contributed by atoms with Crippen molar-refractivity contribution < 1.29 is 29.3 Å². The van der Waals surface area contributed by atoms with Gasteiger partial charge in [-0.1, -0.05) is 0 Å². The maximum absolute atomic E-state index is 12.7. The van der Waals surface area contributed by atoms with Crippen LogP contribution in [0.4, 0.5) is 0 Å². The number of amides is 2. The molecule has 8 bridgehead atoms. The van der Waals surface area contributed by atoms with E-state index >= 15 is 0 Å². The molecule has 4 unspecified atom stereocenters. The monoisotopic (exact) mass is 716 g/mol. The number of nitrogens with one attached hydrogen (secondary N) is 6. The van der Waals surface area contributed by atoms with Gasteiger partial charge in [-0.25, -0.2) is 0 Å². The van der Waals surface area contributed by atoms with Crippen LogP contribution < -0.4 is 32.0 Å². The summed E-state index contributed by atoms with van der Waals surface area (Å²) in [6, 6.07) is -0.257. The number of rotatable bonds is 14. The molecule has 0 aliphatic carbocycles. The van der Waals surface area contributed by atoms with Crippen molar-refractivity contribution >= 4 is 36.1 Å². The molecule has 0 saturated heterocycles. The molecule has 12 heteroatoms. The summed E-state index contributed by atoms with van der Waals surface area (Å²) in [5.41, 5.74) is 12.3. The van der Waals surface area contributed by atoms with Gasteiger partial charge in [-0.3, -0.25) is 9.59 Å². The molecule has 12 nitrogen and oxygen atoms in total. The zero-order valence-corrected chi connectivity index (χ0v) is 31.8. The number of aromatic nitrogens is 2. The van der Waals surface area contributed by atoms with E-state index in [1.165, 1.54) is 5.57 Å². The van der Waals surface area contributed by atoms with Crippen molar-refractivity contribution in [1.29, 1.82) is 0 Å². The van der Waals surface area contributed by atoms with Crippen LogP contribution in [0, 0.1) is 13.8 Å². The molecular formula is C40H56N6O6. The average Bonchev–Trinajstić information content (AvgIpc) is 3.80. The molecule has 8 N–H and O–H groups in total. The number of ether oxygens (including phenoxy) is 2. The maximum Gasteiger partial charge on any atom is 0.220 e. The van der Waals surface area contributed by atoms with Crippen LogP contribution in [0.3, 0.4) is 0 Å². The average molecular weight is 717 g/mol. The zero-order valence-electron chi connectivity index (χ0n) is 31.8. The van der Waals surface area contributed by atoms with E-state index in [0.717, 1.165) is 72.5 Å². The van der Waals surface area contributed by atoms with Crippen LogP contribution >= 0.6 is 0 Å². The first kappa shape index (κ1) is 38.9. The van der Waals surface area contributed by atoms with Crippen LogP contribution in [-0.2, 0) is 25.5 Å². The van der Waals surface area contributed by atoms with Crippen LogP contribution in [0.15, 0.2) is 33.7 Å². The SMILES string of the molecule is COC(C)C1=C(C)C2/C=c3\[nH]/c(c(C)c3C(C)OC)=C\C3N/C(=C\c4[nH]c(c(C)c4CCC(=O)NCCO)C=C1N2)C(CCC(=O)NCCO)=C3C. The van der Waals surface area contributed by atoms with E-state index in [4.69, 9.17) is 9.47 Å². The van der Waals surface area contributed by atoms with Gasteiger partial charge in [0.2, 0.25) is 11.8 Å². The fraction of sp³-hybridized carbons (Fsp3) is 0.500. The summed E-state index contributed by atoms with van der Waals surface area (Å²) in [4.78, 5) is 32.8. The third kappa shape index (κ3) is 8.15. The highest BCUT2D eigenvalue weighted by Gasteiger charge is 2.31. The molecule has 0 aromatic carbocycles. The van der Waals surface area contributed by atoms with Crippen molar-refractivity contribution in [2.75, 3.05) is 40.5 Å². The number of aromatic amines is 2. The molecule has 5 heterocycles. The number of H-pyrrole nitrogens is 2. The number of hydrogen-bond acceptors (Lipinski definition) is 8. The first-order chi connectivity index (χ1) is 24.9. The smallest absolute Gasteiger partial charge is 0.220 e. The van der Waals surface area contributed by atoms with E-state index in [1.54, 1.807) is 14.2 Å². The summed E-state index contributed by atoms with van der Waals surface area (Å²) in [7, 11) is 3.45. The van der Waals surface area contributed by atoms with Crippen molar-refractivity contribution in [3.05, 3.63) is 78.0 Å². The van der Waals surface area contributed by atoms with Crippen molar-refractivity contribution in [3.63, 3.8) is 0 Å². The Morgan fingerprint density at radius 1 is 0.750 bits per heavy atom. The van der Waals surface area contributed by atoms with E-state index in [0.29, 0.717) is 12.8 Å². The number of aliphatic hydroxyl groups is 2. The zero-order chi connectivity index (χ0) is 37.7. The minimum Gasteiger partial charge on any atom is -0.395 e. The Morgan fingerprint density at radius 3 is 1.96 bits per heavy atom. The summed E-state index contributed by atoms with van der Waals surface area (Å²) in [5.74, 6) is -0.247. The van der Waals surface area contributed by atoms with Crippen LogP contribution in [0.5, 0.6) is 0 Å². The lowest BCUT2D eigenvalue weighted by Gasteiger charge is -2.14. The maximum atomic E-state index is 12.7. The molecule has 52 heavy (non-hydrogen) atoms. The number of fused-ring (bicyclic) bond motifs is 8. The number of hydrogen-bond donors (Lipinski definition) is 8. The molecule has 3 aliphatic rings. The Hall–Kier alpha value is -4.36. The lowest BCUT2D eigenvalue weighted by Crippen LogP contribution is -2.27. The molecule has 0 saturated carbocycles. The second-order valence-corrected chi connectivity index (χ2v) is 13.9. The molecule has 0 spiro atoms. The first-order valence-electron chi connectivity index (χ1n) is 18.2. The number of methoxy groups -OCH3 is 2. The van der Waals surface area contributed by atoms with Gasteiger partial charge in [-0.05, 0) is 112 Å². The molecule has 4 atom stereocenters. The lowest BCUT2D eigenvalue weighted by atomic mass is 9.98. The standard InChI is InChI=1S/C40H56N6O6/c1-21-27(9-11-37(49)41-13-15-47)33-20-34-28(10-12-38(50)42-14-16-48)22(2)30(44-34)18-35-40(26(6)52-8)24(4)32(46-35)19-36-39(25(5)51-7)23(3)31(45-36)17-29(21)43-33/h17-20,25-26,29,32,43-48H,9-16H2,1-8H3,(H,41,49)(H,42,50)/b31-17-,33-20-,35-18?,36-19-. The van der Waals surface area contributed by atoms with Gasteiger partial charge in [0.1, 0.15) is 0 Å². The molecule has 2 aromatic rings. The highest BCUT2D eigenvalue weighted by Crippen LogP contribution is 2.35. The quantitative estimate of drug-likeness (QED) is 0.147. The molecule has 0 fully saturated rings. The van der Waals surface area contributed by atoms with Crippen LogP contribution in [-0.4, -0.2) is 90.7 Å². The van der Waals surface area contributed by atoms with E-state index in [2.05, 4.69) is 97.1 Å². The van der Waals surface area contributed by atoms with Gasteiger partial charge in [-0.2, -0.15) is 0 Å². The largest absolute Gasteiger partial charge is 0.395 e. The molecule has 5 rings (SSSR count). The van der Waals surface area contributed by atoms with Crippen LogP contribution in [0.1, 0.15) is 86.7 Å². The summed E-state index contributed by atoms with van der Waals surface area (Å²) in [5, 5.41) is 33.5. The number of carbonyl (C=O) groups excluding carboxylic acids is 2. The van der Waals surface area contributed by atoms with Crippen LogP contribution in [0.2, 0.25) is 0 Å². The number of allylic oxidation sites excluding steroid dienone is 1. The van der Waals surface area contributed by atoms with Crippen molar-refractivity contribution in [3.8, 4) is 0 Å². The molecule has 3 aliphatic heterocycles. The van der Waals surface area contributed by atoms with Gasteiger partial charge >= 0.3 is 0 Å². The second kappa shape index (κ2) is 17.0. The predicted octanol–water partition coefficient (Wildman–Crippen LogP) is 2.16. The molecule has 2 amide bonds. The Kier molecular flexibility index (Phi) is 12.7. The van der Waals surface area contributed by atoms with Gasteiger partial charge in [0.25, 0.3) is 0 Å². The molecular weight excluding hydrogens is 660 g/mol. The normalized spacial score (nSPS) is 21.6. The summed E-state index contributed by atoms with van der Waals surface area (Å²) in [6.45, 7) is 12.8. The highest BCUT2D eigenvalue weighted by atomic mass is 16.5. The molecule has 2 aromatic heterocycles. The van der Waals surface area contributed by atoms with Crippen molar-refractivity contribution in [1.82, 2.24) is 31.2 Å². The Labute approximate surface area is 306 Å². The van der Waals surface area contributed by atoms with Crippen molar-refractivity contribution in [2.45, 2.75) is 91.5 Å². The minimum atomic E-state index is -0.164. The van der Waals surface area contributed by atoms with Gasteiger partial charge < -0.3 is 50.9 Å². The summed E-state index contributed by atoms with van der Waals surface area (Å²) in [6.07, 6.45) is 9.89. The summed E-state index contributed by atoms with van der Waals surface area (Å²) < 4.78 is 11.8. The molecule has 282 valence electrons. The van der Waals surface area contributed by atoms with E-state index in [1.807, 2.05) is 0 Å². The van der Waals surface area contributed by atoms with E-state index in [9.17, 15) is 19.8 Å². The molecule has 0 radical (unpaired) electrons. The van der Waals surface area contributed by atoms with Gasteiger partial charge in [0, 0.05) is 84.8 Å². The van der Waals surface area contributed by atoms with Gasteiger partial charge in [0.05, 0.1) is 37.5 Å². The third-order valence-corrected chi connectivity index (χ3v) is 10.7. The number of carbonyl (C=O) groups is 2. The van der Waals surface area contributed by atoms with Crippen LogP contribution in [0.25, 0.3) is 24.3 Å². The van der Waals surface area contributed by atoms with E-state index < -0.39 is 0 Å². The topological polar surface area (TPSA) is 173 Å². The predicted molar refractivity (Wildman–Crippen MR) is 204 cm³/mol. The Morgan fingerprint density at radius 2 is 1.33 bits per heavy atom. The van der Waals surface area contributed by atoms with Gasteiger partial charge in [-0.15, -0.1) is 0 Å². The number of aliphatic hydroxyl groups excluding tert-OH is 2. The minimum absolute atomic E-state index is 0.105. The van der Waals surface area contributed by atoms with Gasteiger partial charge in [0.15, 0.2) is 0 Å². The van der Waals surface area contributed by atoms with Crippen molar-refractivity contribution in [2.24, 2.45) is 0 Å². The highest BCUT2D eigenvalue weighted by molar-refractivity contribution is 5.78. The van der Waals surface area contributed by atoms with E-state index in [-0.39, 0.29) is 75.3 Å². The Balaban J connectivity index is 1.74. The summed E-state index contributed by atoms with van der Waals surface area (Å²) >= 11 is 0. The fourth-order valence-corrected chi connectivity index (χ4v) is 7.60. The third-order valence-electron chi connectivity index (χ3n) is 10.7. The first-order valence-corrected chi connectivity index (χ1v) is 18.2. The fourth-order valence-electron chi connectivity index (χ4n) is 7.60. The second-order valence-electron chi connectivity index (χ2n) is 13.9. The Bertz CT molecular complexity index is 1930. The lowest BCUT2D eigenvalue weighted by molar-refractivity contribution is -0.122.